The molecule has 21 heavy (non-hydrogen) atoms. The molecule has 3 rings (SSSR count). The van der Waals surface area contributed by atoms with Crippen LogP contribution in [-0.4, -0.2) is 43.0 Å². The molecule has 0 saturated heterocycles. The minimum Gasteiger partial charge on any atom is -0.358 e. The van der Waals surface area contributed by atoms with Crippen LogP contribution in [0.25, 0.3) is 10.9 Å². The zero-order valence-corrected chi connectivity index (χ0v) is 12.8. The highest BCUT2D eigenvalue weighted by molar-refractivity contribution is 5.99. The third kappa shape index (κ3) is 2.95. The van der Waals surface area contributed by atoms with E-state index in [-0.39, 0.29) is 5.91 Å². The van der Waals surface area contributed by atoms with Crippen LogP contribution < -0.4 is 5.32 Å². The van der Waals surface area contributed by atoms with Gasteiger partial charge in [-0.2, -0.15) is 0 Å². The summed E-state index contributed by atoms with van der Waals surface area (Å²) in [7, 11) is 4.01. The van der Waals surface area contributed by atoms with E-state index in [9.17, 15) is 4.79 Å². The first kappa shape index (κ1) is 14.1. The summed E-state index contributed by atoms with van der Waals surface area (Å²) in [6, 6.07) is 5.99. The number of aromatic nitrogens is 1. The van der Waals surface area contributed by atoms with Crippen LogP contribution in [-0.2, 0) is 12.8 Å². The summed E-state index contributed by atoms with van der Waals surface area (Å²) in [5, 5.41) is 4.20. The lowest BCUT2D eigenvalue weighted by molar-refractivity contribution is 0.0951. The second kappa shape index (κ2) is 5.90. The van der Waals surface area contributed by atoms with Crippen LogP contribution in [0.5, 0.6) is 0 Å². The minimum atomic E-state index is 0.0181. The van der Waals surface area contributed by atoms with Gasteiger partial charge in [-0.25, -0.2) is 0 Å². The molecule has 0 radical (unpaired) electrons. The van der Waals surface area contributed by atoms with Gasteiger partial charge in [-0.1, -0.05) is 0 Å². The predicted molar refractivity (Wildman–Crippen MR) is 85.8 cm³/mol. The van der Waals surface area contributed by atoms with Gasteiger partial charge in [0, 0.05) is 35.2 Å². The Morgan fingerprint density at radius 3 is 2.90 bits per heavy atom. The Kier molecular flexibility index (Phi) is 3.97. The van der Waals surface area contributed by atoms with Crippen molar-refractivity contribution in [2.45, 2.75) is 25.7 Å². The SMILES string of the molecule is CN(C)CCNC(=O)c1ccc2[nH]c3c(c2c1)CCCC3. The fraction of sp³-hybridized carbons (Fsp3) is 0.471. The number of carbonyl (C=O) groups excluding carboxylic acids is 1. The lowest BCUT2D eigenvalue weighted by atomic mass is 9.95. The molecule has 2 N–H and O–H groups in total. The van der Waals surface area contributed by atoms with Gasteiger partial charge in [0.2, 0.25) is 0 Å². The van der Waals surface area contributed by atoms with Crippen LogP contribution >= 0.6 is 0 Å². The number of amides is 1. The molecular formula is C17H23N3O. The van der Waals surface area contributed by atoms with Gasteiger partial charge < -0.3 is 15.2 Å². The van der Waals surface area contributed by atoms with Gasteiger partial charge in [-0.3, -0.25) is 4.79 Å². The van der Waals surface area contributed by atoms with Crippen LogP contribution in [0.3, 0.4) is 0 Å². The second-order valence-corrected chi connectivity index (χ2v) is 6.11. The molecule has 1 aromatic carbocycles. The van der Waals surface area contributed by atoms with Crippen LogP contribution in [0.1, 0.15) is 34.5 Å². The maximum Gasteiger partial charge on any atom is 0.251 e. The fourth-order valence-electron chi connectivity index (χ4n) is 3.04. The Morgan fingerprint density at radius 2 is 2.10 bits per heavy atom. The van der Waals surface area contributed by atoms with E-state index in [0.717, 1.165) is 30.5 Å². The summed E-state index contributed by atoms with van der Waals surface area (Å²) < 4.78 is 0. The number of carbonyl (C=O) groups is 1. The van der Waals surface area contributed by atoms with Crippen LogP contribution in [0, 0.1) is 0 Å². The van der Waals surface area contributed by atoms with Crippen LogP contribution in [0.2, 0.25) is 0 Å². The first-order valence-corrected chi connectivity index (χ1v) is 7.71. The standard InChI is InChI=1S/C17H23N3O/c1-20(2)10-9-18-17(21)12-7-8-16-14(11-12)13-5-3-4-6-15(13)19-16/h7-8,11,19H,3-6,9-10H2,1-2H3,(H,18,21). The molecule has 112 valence electrons. The third-order valence-corrected chi connectivity index (χ3v) is 4.20. The highest BCUT2D eigenvalue weighted by atomic mass is 16.1. The average molecular weight is 285 g/mol. The second-order valence-electron chi connectivity index (χ2n) is 6.11. The van der Waals surface area contributed by atoms with Gasteiger partial charge in [0.15, 0.2) is 0 Å². The van der Waals surface area contributed by atoms with Gasteiger partial charge in [-0.15, -0.1) is 0 Å². The van der Waals surface area contributed by atoms with Crippen molar-refractivity contribution in [3.8, 4) is 0 Å². The van der Waals surface area contributed by atoms with Gasteiger partial charge in [0.05, 0.1) is 0 Å². The zero-order chi connectivity index (χ0) is 14.8. The lowest BCUT2D eigenvalue weighted by Gasteiger charge is -2.11. The molecule has 1 aromatic heterocycles. The number of benzene rings is 1. The summed E-state index contributed by atoms with van der Waals surface area (Å²) >= 11 is 0. The van der Waals surface area contributed by atoms with Gasteiger partial charge in [0.25, 0.3) is 5.91 Å². The Morgan fingerprint density at radius 1 is 1.29 bits per heavy atom. The number of H-pyrrole nitrogens is 1. The van der Waals surface area contributed by atoms with E-state index in [1.807, 2.05) is 32.3 Å². The zero-order valence-electron chi connectivity index (χ0n) is 12.8. The Labute approximate surface area is 125 Å². The van der Waals surface area contributed by atoms with Crippen molar-refractivity contribution < 1.29 is 4.79 Å². The van der Waals surface area contributed by atoms with Crippen molar-refractivity contribution in [1.29, 1.82) is 0 Å². The Balaban J connectivity index is 1.81. The summed E-state index contributed by atoms with van der Waals surface area (Å²) in [5.41, 5.74) is 4.70. The highest BCUT2D eigenvalue weighted by Gasteiger charge is 2.16. The van der Waals surface area contributed by atoms with Crippen molar-refractivity contribution in [3.05, 3.63) is 35.0 Å². The van der Waals surface area contributed by atoms with Crippen molar-refractivity contribution in [1.82, 2.24) is 15.2 Å². The first-order valence-electron chi connectivity index (χ1n) is 7.71. The number of fused-ring (bicyclic) bond motifs is 3. The predicted octanol–water partition coefficient (Wildman–Crippen LogP) is 2.34. The smallest absolute Gasteiger partial charge is 0.251 e. The van der Waals surface area contributed by atoms with Crippen LogP contribution in [0.4, 0.5) is 0 Å². The van der Waals surface area contributed by atoms with Gasteiger partial charge in [-0.05, 0) is 63.5 Å². The molecule has 0 spiro atoms. The van der Waals surface area contributed by atoms with Crippen molar-refractivity contribution in [2.24, 2.45) is 0 Å². The molecule has 1 aliphatic carbocycles. The molecule has 4 nitrogen and oxygen atoms in total. The number of nitrogens with one attached hydrogen (secondary N) is 2. The minimum absolute atomic E-state index is 0.0181. The van der Waals surface area contributed by atoms with Crippen molar-refractivity contribution in [2.75, 3.05) is 27.2 Å². The molecule has 0 fully saturated rings. The number of likely N-dealkylation sites (N-methyl/N-ethyl adjacent to an activating group) is 1. The first-order chi connectivity index (χ1) is 10.1. The molecule has 0 saturated carbocycles. The average Bonchev–Trinajstić information content (AvgIpc) is 2.84. The van der Waals surface area contributed by atoms with E-state index < -0.39 is 0 Å². The number of aryl methyl sites for hydroxylation is 2. The molecule has 0 atom stereocenters. The molecule has 0 aliphatic heterocycles. The van der Waals surface area contributed by atoms with Gasteiger partial charge >= 0.3 is 0 Å². The van der Waals surface area contributed by atoms with Gasteiger partial charge in [0.1, 0.15) is 0 Å². The fourth-order valence-corrected chi connectivity index (χ4v) is 3.04. The summed E-state index contributed by atoms with van der Waals surface area (Å²) in [4.78, 5) is 17.8. The maximum absolute atomic E-state index is 12.2. The van der Waals surface area contributed by atoms with E-state index in [0.29, 0.717) is 6.54 Å². The molecule has 1 amide bonds. The van der Waals surface area contributed by atoms with Crippen molar-refractivity contribution >= 4 is 16.8 Å². The summed E-state index contributed by atoms with van der Waals surface area (Å²) in [6.45, 7) is 1.53. The summed E-state index contributed by atoms with van der Waals surface area (Å²) in [5.74, 6) is 0.0181. The Hall–Kier alpha value is -1.81. The van der Waals surface area contributed by atoms with E-state index in [1.54, 1.807) is 0 Å². The van der Waals surface area contributed by atoms with E-state index in [4.69, 9.17) is 0 Å². The molecular weight excluding hydrogens is 262 g/mol. The monoisotopic (exact) mass is 285 g/mol. The molecule has 0 bridgehead atoms. The number of aromatic amines is 1. The van der Waals surface area contributed by atoms with Crippen molar-refractivity contribution in [3.63, 3.8) is 0 Å². The number of hydrogen-bond donors (Lipinski definition) is 2. The molecule has 2 aromatic rings. The van der Waals surface area contributed by atoms with E-state index in [2.05, 4.69) is 15.2 Å². The maximum atomic E-state index is 12.2. The topological polar surface area (TPSA) is 48.1 Å². The largest absolute Gasteiger partial charge is 0.358 e. The normalized spacial score (nSPS) is 14.4. The number of hydrogen-bond acceptors (Lipinski definition) is 2. The van der Waals surface area contributed by atoms with Crippen LogP contribution in [0.15, 0.2) is 18.2 Å². The molecule has 1 aliphatic rings. The third-order valence-electron chi connectivity index (χ3n) is 4.20. The quantitative estimate of drug-likeness (QED) is 0.906. The highest BCUT2D eigenvalue weighted by Crippen LogP contribution is 2.29. The molecule has 1 heterocycles. The molecule has 4 heteroatoms. The van der Waals surface area contributed by atoms with E-state index in [1.165, 1.54) is 29.5 Å². The lowest BCUT2D eigenvalue weighted by Crippen LogP contribution is -2.31. The van der Waals surface area contributed by atoms with E-state index >= 15 is 0 Å². The number of rotatable bonds is 4. The number of nitrogens with zero attached hydrogens (tertiary/aromatic N) is 1. The molecule has 0 unspecified atom stereocenters. The Bertz CT molecular complexity index is 657. The summed E-state index contributed by atoms with van der Waals surface area (Å²) in [6.07, 6.45) is 4.77.